The molecule has 0 radical (unpaired) electrons. The standard InChI is InChI=1S/C17H17N3O3S3/c1-23-16(22)15-14(11(7-18)17(24-2)26-15)19-13(21)9-20-5-3-12-10(8-20)4-6-25-12/h4,6H,3,5,8-9H2,1-2H3,(H,19,21). The Morgan fingerprint density at radius 2 is 2.31 bits per heavy atom. The van der Waals surface area contributed by atoms with E-state index in [0.29, 0.717) is 9.77 Å². The molecule has 136 valence electrons. The van der Waals surface area contributed by atoms with Crippen LogP contribution in [0.5, 0.6) is 0 Å². The molecule has 0 saturated carbocycles. The van der Waals surface area contributed by atoms with E-state index in [9.17, 15) is 14.9 Å². The van der Waals surface area contributed by atoms with Crippen LogP contribution in [0.3, 0.4) is 0 Å². The van der Waals surface area contributed by atoms with Crippen LogP contribution in [0, 0.1) is 11.3 Å². The molecule has 0 spiro atoms. The van der Waals surface area contributed by atoms with E-state index in [0.717, 1.165) is 30.8 Å². The van der Waals surface area contributed by atoms with Gasteiger partial charge in [-0.15, -0.1) is 34.4 Å². The van der Waals surface area contributed by atoms with Crippen molar-refractivity contribution in [3.63, 3.8) is 0 Å². The molecular formula is C17H17N3O3S3. The molecule has 0 aliphatic carbocycles. The largest absolute Gasteiger partial charge is 0.465 e. The lowest BCUT2D eigenvalue weighted by atomic mass is 10.1. The first-order valence-corrected chi connectivity index (χ1v) is 10.8. The molecule has 0 atom stereocenters. The number of ether oxygens (including phenoxy) is 1. The van der Waals surface area contributed by atoms with Crippen molar-refractivity contribution in [1.29, 1.82) is 5.26 Å². The van der Waals surface area contributed by atoms with Crippen LogP contribution in [0.15, 0.2) is 15.7 Å². The van der Waals surface area contributed by atoms with Gasteiger partial charge in [0.2, 0.25) is 5.91 Å². The monoisotopic (exact) mass is 407 g/mol. The predicted octanol–water partition coefficient (Wildman–Crippen LogP) is 3.19. The number of thiophene rings is 2. The summed E-state index contributed by atoms with van der Waals surface area (Å²) in [6.07, 6.45) is 2.76. The highest BCUT2D eigenvalue weighted by molar-refractivity contribution is 8.00. The lowest BCUT2D eigenvalue weighted by Crippen LogP contribution is -2.36. The van der Waals surface area contributed by atoms with E-state index in [2.05, 4.69) is 27.7 Å². The van der Waals surface area contributed by atoms with E-state index in [1.165, 1.54) is 29.3 Å². The summed E-state index contributed by atoms with van der Waals surface area (Å²) in [4.78, 5) is 28.3. The van der Waals surface area contributed by atoms with E-state index in [-0.39, 0.29) is 23.0 Å². The Morgan fingerprint density at radius 3 is 3.00 bits per heavy atom. The van der Waals surface area contributed by atoms with Crippen LogP contribution in [0.4, 0.5) is 5.69 Å². The van der Waals surface area contributed by atoms with Crippen molar-refractivity contribution in [3.05, 3.63) is 32.3 Å². The average Bonchev–Trinajstić information content (AvgIpc) is 3.24. The third kappa shape index (κ3) is 3.78. The maximum absolute atomic E-state index is 12.5. The van der Waals surface area contributed by atoms with E-state index < -0.39 is 5.97 Å². The van der Waals surface area contributed by atoms with Gasteiger partial charge in [0.05, 0.1) is 23.6 Å². The summed E-state index contributed by atoms with van der Waals surface area (Å²) in [7, 11) is 1.28. The number of rotatable bonds is 5. The van der Waals surface area contributed by atoms with Gasteiger partial charge in [0, 0.05) is 18.0 Å². The number of methoxy groups -OCH3 is 1. The number of amides is 1. The molecule has 2 aromatic heterocycles. The second-order valence-electron chi connectivity index (χ2n) is 5.65. The molecule has 1 N–H and O–H groups in total. The molecule has 1 aliphatic rings. The molecule has 2 aromatic rings. The minimum atomic E-state index is -0.553. The number of nitrogens with one attached hydrogen (secondary N) is 1. The number of nitriles is 1. The molecule has 1 aliphatic heterocycles. The fraction of sp³-hybridized carbons (Fsp3) is 0.353. The second-order valence-corrected chi connectivity index (χ2v) is 8.75. The summed E-state index contributed by atoms with van der Waals surface area (Å²) in [6.45, 7) is 1.77. The number of hydrogen-bond acceptors (Lipinski definition) is 8. The van der Waals surface area contributed by atoms with Gasteiger partial charge in [-0.3, -0.25) is 9.69 Å². The number of carbonyl (C=O) groups is 2. The van der Waals surface area contributed by atoms with Crippen molar-refractivity contribution < 1.29 is 14.3 Å². The molecule has 0 saturated heterocycles. The first-order valence-electron chi connectivity index (χ1n) is 7.84. The molecular weight excluding hydrogens is 390 g/mol. The molecule has 26 heavy (non-hydrogen) atoms. The number of carbonyl (C=O) groups excluding carboxylic acids is 2. The molecule has 3 heterocycles. The number of anilines is 1. The van der Waals surface area contributed by atoms with Gasteiger partial charge in [-0.1, -0.05) is 0 Å². The predicted molar refractivity (Wildman–Crippen MR) is 104 cm³/mol. The molecule has 9 heteroatoms. The molecule has 1 amide bonds. The summed E-state index contributed by atoms with van der Waals surface area (Å²) >= 11 is 4.28. The maximum Gasteiger partial charge on any atom is 0.350 e. The topological polar surface area (TPSA) is 82.4 Å². The Balaban J connectivity index is 1.76. The van der Waals surface area contributed by atoms with Crippen molar-refractivity contribution in [2.45, 2.75) is 17.2 Å². The Kier molecular flexibility index (Phi) is 5.98. The third-order valence-electron chi connectivity index (χ3n) is 4.06. The number of fused-ring (bicyclic) bond motifs is 1. The van der Waals surface area contributed by atoms with Crippen molar-refractivity contribution in [1.82, 2.24) is 4.90 Å². The highest BCUT2D eigenvalue weighted by atomic mass is 32.2. The highest BCUT2D eigenvalue weighted by Gasteiger charge is 2.26. The molecule has 6 nitrogen and oxygen atoms in total. The van der Waals surface area contributed by atoms with Crippen molar-refractivity contribution >= 4 is 52.0 Å². The SMILES string of the molecule is COC(=O)c1sc(SC)c(C#N)c1NC(=O)CN1CCc2sccc2C1. The van der Waals surface area contributed by atoms with Crippen LogP contribution >= 0.6 is 34.4 Å². The number of hydrogen-bond donors (Lipinski definition) is 1. The Bertz CT molecular complexity index is 882. The van der Waals surface area contributed by atoms with Crippen molar-refractivity contribution in [2.24, 2.45) is 0 Å². The summed E-state index contributed by atoms with van der Waals surface area (Å²) in [5, 5.41) is 14.3. The van der Waals surface area contributed by atoms with E-state index in [4.69, 9.17) is 4.74 Å². The zero-order valence-corrected chi connectivity index (χ0v) is 16.8. The zero-order valence-electron chi connectivity index (χ0n) is 14.3. The number of nitrogens with zero attached hydrogens (tertiary/aromatic N) is 2. The van der Waals surface area contributed by atoms with E-state index >= 15 is 0 Å². The third-order valence-corrected chi connectivity index (χ3v) is 7.37. The van der Waals surface area contributed by atoms with Gasteiger partial charge < -0.3 is 10.1 Å². The van der Waals surface area contributed by atoms with E-state index in [1.807, 2.05) is 6.26 Å². The van der Waals surface area contributed by atoms with Gasteiger partial charge in [-0.25, -0.2) is 4.79 Å². The second kappa shape index (κ2) is 8.22. The normalized spacial score (nSPS) is 13.7. The quantitative estimate of drug-likeness (QED) is 0.605. The molecule has 0 unspecified atom stereocenters. The van der Waals surface area contributed by atoms with Gasteiger partial charge in [-0.05, 0) is 29.7 Å². The molecule has 0 aromatic carbocycles. The lowest BCUT2D eigenvalue weighted by molar-refractivity contribution is -0.117. The van der Waals surface area contributed by atoms with Gasteiger partial charge in [0.25, 0.3) is 0 Å². The number of esters is 1. The fourth-order valence-corrected chi connectivity index (χ4v) is 5.52. The Labute approximate surface area is 163 Å². The summed E-state index contributed by atoms with van der Waals surface area (Å²) in [5.74, 6) is -0.793. The smallest absolute Gasteiger partial charge is 0.350 e. The maximum atomic E-state index is 12.5. The Morgan fingerprint density at radius 1 is 1.50 bits per heavy atom. The number of thioether (sulfide) groups is 1. The first kappa shape index (κ1) is 18.9. The zero-order chi connectivity index (χ0) is 18.7. The fourth-order valence-electron chi connectivity index (χ4n) is 2.84. The summed E-state index contributed by atoms with van der Waals surface area (Å²) in [6, 6.07) is 4.18. The minimum Gasteiger partial charge on any atom is -0.465 e. The van der Waals surface area contributed by atoms with Gasteiger partial charge in [0.1, 0.15) is 16.5 Å². The van der Waals surface area contributed by atoms with Gasteiger partial charge >= 0.3 is 5.97 Å². The van der Waals surface area contributed by atoms with Crippen molar-refractivity contribution in [3.8, 4) is 6.07 Å². The summed E-state index contributed by atoms with van der Waals surface area (Å²) in [5.41, 5.74) is 1.84. The van der Waals surface area contributed by atoms with Crippen LogP contribution in [0.25, 0.3) is 0 Å². The van der Waals surface area contributed by atoms with Crippen LogP contribution in [-0.2, 0) is 22.5 Å². The molecule has 0 bridgehead atoms. The highest BCUT2D eigenvalue weighted by Crippen LogP contribution is 2.39. The van der Waals surface area contributed by atoms with Crippen LogP contribution in [0.2, 0.25) is 0 Å². The van der Waals surface area contributed by atoms with Crippen LogP contribution in [-0.4, -0.2) is 43.2 Å². The minimum absolute atomic E-state index is 0.214. The first-order chi connectivity index (χ1) is 12.6. The lowest BCUT2D eigenvalue weighted by Gasteiger charge is -2.26. The van der Waals surface area contributed by atoms with Crippen LogP contribution in [0.1, 0.15) is 25.7 Å². The van der Waals surface area contributed by atoms with Gasteiger partial charge in [0.15, 0.2) is 0 Å². The Hall–Kier alpha value is -1.86. The van der Waals surface area contributed by atoms with Crippen molar-refractivity contribution in [2.75, 3.05) is 31.8 Å². The molecule has 0 fully saturated rings. The molecule has 3 rings (SSSR count). The van der Waals surface area contributed by atoms with E-state index in [1.54, 1.807) is 11.3 Å². The van der Waals surface area contributed by atoms with Crippen LogP contribution < -0.4 is 5.32 Å². The average molecular weight is 408 g/mol. The van der Waals surface area contributed by atoms with Gasteiger partial charge in [-0.2, -0.15) is 5.26 Å². The summed E-state index contributed by atoms with van der Waals surface area (Å²) < 4.78 is 5.47.